The molecule has 0 unspecified atom stereocenters. The first-order chi connectivity index (χ1) is 11.9. The van der Waals surface area contributed by atoms with E-state index in [1.54, 1.807) is 36.4 Å². The van der Waals surface area contributed by atoms with Crippen molar-refractivity contribution in [3.05, 3.63) is 64.3 Å². The summed E-state index contributed by atoms with van der Waals surface area (Å²) in [6, 6.07) is 12.0. The molecular formula is C19H17ClN2O3. The SMILES string of the molecule is Cc1[nH]c2ccc(C(=O)OCC(=O)Nc3cccc(Cl)c3)cc2c1C. The number of hydrogen-bond acceptors (Lipinski definition) is 3. The van der Waals surface area contributed by atoms with E-state index < -0.39 is 11.9 Å². The summed E-state index contributed by atoms with van der Waals surface area (Å²) in [7, 11) is 0. The highest BCUT2D eigenvalue weighted by Gasteiger charge is 2.13. The van der Waals surface area contributed by atoms with Crippen molar-refractivity contribution in [1.29, 1.82) is 0 Å². The number of hydrogen-bond donors (Lipinski definition) is 2. The second-order valence-electron chi connectivity index (χ2n) is 5.77. The first kappa shape index (κ1) is 17.0. The number of rotatable bonds is 4. The zero-order valence-electron chi connectivity index (χ0n) is 13.9. The van der Waals surface area contributed by atoms with Gasteiger partial charge in [-0.15, -0.1) is 0 Å². The molecule has 0 fully saturated rings. The van der Waals surface area contributed by atoms with Crippen molar-refractivity contribution in [2.45, 2.75) is 13.8 Å². The van der Waals surface area contributed by atoms with Crippen LogP contribution in [-0.2, 0) is 9.53 Å². The molecule has 0 aliphatic heterocycles. The van der Waals surface area contributed by atoms with Crippen LogP contribution in [0, 0.1) is 13.8 Å². The monoisotopic (exact) mass is 356 g/mol. The average Bonchev–Trinajstić information content (AvgIpc) is 2.87. The van der Waals surface area contributed by atoms with Gasteiger partial charge in [-0.3, -0.25) is 4.79 Å². The van der Waals surface area contributed by atoms with E-state index in [0.29, 0.717) is 16.3 Å². The molecule has 0 saturated heterocycles. The summed E-state index contributed by atoms with van der Waals surface area (Å²) in [6.07, 6.45) is 0. The van der Waals surface area contributed by atoms with E-state index in [1.165, 1.54) is 0 Å². The summed E-state index contributed by atoms with van der Waals surface area (Å²) in [5.74, 6) is -0.966. The average molecular weight is 357 g/mol. The van der Waals surface area contributed by atoms with Crippen molar-refractivity contribution in [2.75, 3.05) is 11.9 Å². The molecule has 1 aromatic heterocycles. The van der Waals surface area contributed by atoms with Gasteiger partial charge in [0, 0.05) is 27.3 Å². The molecule has 0 radical (unpaired) electrons. The van der Waals surface area contributed by atoms with E-state index >= 15 is 0 Å². The Hall–Kier alpha value is -2.79. The van der Waals surface area contributed by atoms with Gasteiger partial charge in [-0.2, -0.15) is 0 Å². The molecule has 0 saturated carbocycles. The predicted octanol–water partition coefficient (Wildman–Crippen LogP) is 4.23. The van der Waals surface area contributed by atoms with Crippen molar-refractivity contribution >= 4 is 40.1 Å². The smallest absolute Gasteiger partial charge is 0.338 e. The number of anilines is 1. The Labute approximate surface area is 149 Å². The lowest BCUT2D eigenvalue weighted by Crippen LogP contribution is -2.20. The second kappa shape index (κ2) is 6.99. The lowest BCUT2D eigenvalue weighted by Gasteiger charge is -2.07. The summed E-state index contributed by atoms with van der Waals surface area (Å²) >= 11 is 5.86. The molecule has 1 amide bonds. The molecule has 0 atom stereocenters. The highest BCUT2D eigenvalue weighted by atomic mass is 35.5. The van der Waals surface area contributed by atoms with Gasteiger partial charge >= 0.3 is 5.97 Å². The fraction of sp³-hybridized carbons (Fsp3) is 0.158. The van der Waals surface area contributed by atoms with Crippen LogP contribution >= 0.6 is 11.6 Å². The van der Waals surface area contributed by atoms with Crippen molar-refractivity contribution in [2.24, 2.45) is 0 Å². The first-order valence-electron chi connectivity index (χ1n) is 7.75. The Morgan fingerprint density at radius 3 is 2.72 bits per heavy atom. The van der Waals surface area contributed by atoms with Gasteiger partial charge < -0.3 is 15.0 Å². The Bertz CT molecular complexity index is 962. The lowest BCUT2D eigenvalue weighted by molar-refractivity contribution is -0.119. The topological polar surface area (TPSA) is 71.2 Å². The van der Waals surface area contributed by atoms with Crippen LogP contribution in [0.2, 0.25) is 5.02 Å². The highest BCUT2D eigenvalue weighted by Crippen LogP contribution is 2.22. The molecule has 0 bridgehead atoms. The van der Waals surface area contributed by atoms with Crippen LogP contribution in [0.1, 0.15) is 21.6 Å². The van der Waals surface area contributed by atoms with E-state index in [-0.39, 0.29) is 6.61 Å². The number of amides is 1. The standard InChI is InChI=1S/C19H17ClN2O3/c1-11-12(2)21-17-7-6-13(8-16(11)17)19(24)25-10-18(23)22-15-5-3-4-14(20)9-15/h3-9,21H,10H2,1-2H3,(H,22,23). The summed E-state index contributed by atoms with van der Waals surface area (Å²) < 4.78 is 5.09. The zero-order chi connectivity index (χ0) is 18.0. The van der Waals surface area contributed by atoms with E-state index in [0.717, 1.165) is 22.2 Å². The molecule has 6 heteroatoms. The minimum Gasteiger partial charge on any atom is -0.452 e. The lowest BCUT2D eigenvalue weighted by atomic mass is 10.1. The number of aromatic nitrogens is 1. The van der Waals surface area contributed by atoms with Crippen LogP contribution in [0.4, 0.5) is 5.69 Å². The maximum Gasteiger partial charge on any atom is 0.338 e. The number of halogens is 1. The fourth-order valence-electron chi connectivity index (χ4n) is 2.57. The Kier molecular flexibility index (Phi) is 4.76. The number of fused-ring (bicyclic) bond motifs is 1. The summed E-state index contributed by atoms with van der Waals surface area (Å²) in [4.78, 5) is 27.3. The summed E-state index contributed by atoms with van der Waals surface area (Å²) in [5.41, 5.74) is 4.06. The zero-order valence-corrected chi connectivity index (χ0v) is 14.6. The van der Waals surface area contributed by atoms with Crippen molar-refractivity contribution < 1.29 is 14.3 Å². The molecule has 2 N–H and O–H groups in total. The van der Waals surface area contributed by atoms with Gasteiger partial charge in [0.05, 0.1) is 5.56 Å². The van der Waals surface area contributed by atoms with Gasteiger partial charge in [-0.25, -0.2) is 4.79 Å². The molecule has 25 heavy (non-hydrogen) atoms. The van der Waals surface area contributed by atoms with Gasteiger partial charge in [-0.1, -0.05) is 17.7 Å². The van der Waals surface area contributed by atoms with Crippen LogP contribution in [0.25, 0.3) is 10.9 Å². The van der Waals surface area contributed by atoms with Crippen molar-refractivity contribution in [1.82, 2.24) is 4.98 Å². The Morgan fingerprint density at radius 2 is 1.96 bits per heavy atom. The number of carbonyl (C=O) groups is 2. The van der Waals surface area contributed by atoms with E-state index in [9.17, 15) is 9.59 Å². The summed E-state index contributed by atoms with van der Waals surface area (Å²) in [6.45, 7) is 3.60. The molecule has 3 rings (SSSR count). The number of ether oxygens (including phenoxy) is 1. The van der Waals surface area contributed by atoms with E-state index in [1.807, 2.05) is 19.9 Å². The molecule has 5 nitrogen and oxygen atoms in total. The maximum absolute atomic E-state index is 12.2. The maximum atomic E-state index is 12.2. The Morgan fingerprint density at radius 1 is 1.16 bits per heavy atom. The van der Waals surface area contributed by atoms with Crippen molar-refractivity contribution in [3.63, 3.8) is 0 Å². The normalized spacial score (nSPS) is 10.7. The minimum absolute atomic E-state index is 0.367. The second-order valence-corrected chi connectivity index (χ2v) is 6.21. The van der Waals surface area contributed by atoms with Crippen LogP contribution in [-0.4, -0.2) is 23.5 Å². The van der Waals surface area contributed by atoms with Crippen LogP contribution in [0.5, 0.6) is 0 Å². The molecule has 3 aromatic rings. The van der Waals surface area contributed by atoms with Gasteiger partial charge in [-0.05, 0) is 55.8 Å². The molecular weight excluding hydrogens is 340 g/mol. The molecule has 1 heterocycles. The first-order valence-corrected chi connectivity index (χ1v) is 8.13. The van der Waals surface area contributed by atoms with E-state index in [2.05, 4.69) is 10.3 Å². The molecule has 128 valence electrons. The van der Waals surface area contributed by atoms with Crippen molar-refractivity contribution in [3.8, 4) is 0 Å². The molecule has 2 aromatic carbocycles. The minimum atomic E-state index is -0.540. The third-order valence-electron chi connectivity index (χ3n) is 3.99. The summed E-state index contributed by atoms with van der Waals surface area (Å²) in [5, 5.41) is 4.11. The van der Waals surface area contributed by atoms with Gasteiger partial charge in [0.25, 0.3) is 5.91 Å². The number of aryl methyl sites for hydroxylation is 2. The molecule has 0 aliphatic carbocycles. The number of aromatic amines is 1. The Balaban J connectivity index is 1.64. The quantitative estimate of drug-likeness (QED) is 0.687. The molecule has 0 spiro atoms. The van der Waals surface area contributed by atoms with Gasteiger partial charge in [0.15, 0.2) is 6.61 Å². The number of benzene rings is 2. The fourth-order valence-corrected chi connectivity index (χ4v) is 2.76. The third-order valence-corrected chi connectivity index (χ3v) is 4.22. The number of H-pyrrole nitrogens is 1. The highest BCUT2D eigenvalue weighted by molar-refractivity contribution is 6.30. The molecule has 0 aliphatic rings. The number of nitrogens with one attached hydrogen (secondary N) is 2. The van der Waals surface area contributed by atoms with Crippen LogP contribution in [0.15, 0.2) is 42.5 Å². The van der Waals surface area contributed by atoms with Crippen LogP contribution in [0.3, 0.4) is 0 Å². The number of carbonyl (C=O) groups excluding carboxylic acids is 2. The van der Waals surface area contributed by atoms with Gasteiger partial charge in [0.1, 0.15) is 0 Å². The van der Waals surface area contributed by atoms with E-state index in [4.69, 9.17) is 16.3 Å². The third kappa shape index (κ3) is 3.83. The largest absolute Gasteiger partial charge is 0.452 e. The number of esters is 1. The van der Waals surface area contributed by atoms with Gasteiger partial charge in [0.2, 0.25) is 0 Å². The van der Waals surface area contributed by atoms with Crippen LogP contribution < -0.4 is 5.32 Å². The predicted molar refractivity (Wildman–Crippen MR) is 98.1 cm³/mol.